The lowest BCUT2D eigenvalue weighted by atomic mass is 9.79. The molecule has 3 aliphatic heterocycles. The molecule has 2 amide bonds. The minimum atomic E-state index is -0.0457. The third-order valence-electron chi connectivity index (χ3n) is 5.30. The Labute approximate surface area is 141 Å². The number of hydrogen-bond donors (Lipinski definition) is 1. The van der Waals surface area contributed by atoms with E-state index in [4.69, 9.17) is 9.47 Å². The van der Waals surface area contributed by atoms with Crippen LogP contribution in [0, 0.1) is 5.41 Å². The Kier molecular flexibility index (Phi) is 3.82. The van der Waals surface area contributed by atoms with E-state index < -0.39 is 0 Å². The van der Waals surface area contributed by atoms with E-state index >= 15 is 0 Å². The van der Waals surface area contributed by atoms with Crippen LogP contribution < -0.4 is 14.8 Å². The lowest BCUT2D eigenvalue weighted by Crippen LogP contribution is -2.47. The number of piperidine rings is 1. The highest BCUT2D eigenvalue weighted by molar-refractivity contribution is 5.80. The van der Waals surface area contributed by atoms with Crippen LogP contribution in [0.4, 0.5) is 0 Å². The summed E-state index contributed by atoms with van der Waals surface area (Å²) in [6.07, 6.45) is 3.64. The summed E-state index contributed by atoms with van der Waals surface area (Å²) in [5.74, 6) is 1.80. The number of para-hydroxylation sites is 1. The number of hydrogen-bond acceptors (Lipinski definition) is 4. The van der Waals surface area contributed by atoms with Gasteiger partial charge in [-0.15, -0.1) is 0 Å². The van der Waals surface area contributed by atoms with Gasteiger partial charge in [0.2, 0.25) is 18.6 Å². The molecule has 1 aromatic rings. The minimum absolute atomic E-state index is 0.0457. The fourth-order valence-corrected chi connectivity index (χ4v) is 4.05. The molecule has 2 fully saturated rings. The molecule has 6 heteroatoms. The van der Waals surface area contributed by atoms with Crippen molar-refractivity contribution in [2.45, 2.75) is 32.1 Å². The van der Waals surface area contributed by atoms with E-state index in [0.717, 1.165) is 36.4 Å². The maximum atomic E-state index is 12.6. The summed E-state index contributed by atoms with van der Waals surface area (Å²) in [4.78, 5) is 26.1. The molecule has 6 nitrogen and oxygen atoms in total. The van der Waals surface area contributed by atoms with Gasteiger partial charge in [-0.1, -0.05) is 12.1 Å². The van der Waals surface area contributed by atoms with Crippen molar-refractivity contribution in [2.24, 2.45) is 5.41 Å². The number of likely N-dealkylation sites (tertiary alicyclic amines) is 1. The zero-order valence-corrected chi connectivity index (χ0v) is 13.7. The topological polar surface area (TPSA) is 67.9 Å². The van der Waals surface area contributed by atoms with Gasteiger partial charge in [0.15, 0.2) is 11.5 Å². The highest BCUT2D eigenvalue weighted by Gasteiger charge is 2.42. The average Bonchev–Trinajstić information content (AvgIpc) is 3.20. The molecule has 2 saturated heterocycles. The van der Waals surface area contributed by atoms with E-state index in [-0.39, 0.29) is 24.0 Å². The molecule has 0 radical (unpaired) electrons. The van der Waals surface area contributed by atoms with Crippen LogP contribution in [-0.2, 0) is 16.0 Å². The molecule has 128 valence electrons. The van der Waals surface area contributed by atoms with Crippen LogP contribution in [0.5, 0.6) is 11.5 Å². The second-order valence-corrected chi connectivity index (χ2v) is 7.02. The van der Waals surface area contributed by atoms with Gasteiger partial charge in [-0.05, 0) is 30.9 Å². The first kappa shape index (κ1) is 15.3. The number of amides is 2. The van der Waals surface area contributed by atoms with E-state index in [1.807, 2.05) is 23.1 Å². The Hall–Kier alpha value is -2.24. The van der Waals surface area contributed by atoms with Gasteiger partial charge in [0.05, 0.1) is 0 Å². The van der Waals surface area contributed by atoms with Crippen LogP contribution in [0.1, 0.15) is 31.2 Å². The van der Waals surface area contributed by atoms with E-state index in [0.29, 0.717) is 32.4 Å². The molecule has 3 aliphatic rings. The molecule has 4 rings (SSSR count). The van der Waals surface area contributed by atoms with Gasteiger partial charge in [-0.3, -0.25) is 9.59 Å². The van der Waals surface area contributed by atoms with Gasteiger partial charge in [0, 0.05) is 37.9 Å². The van der Waals surface area contributed by atoms with Crippen molar-refractivity contribution < 1.29 is 19.1 Å². The van der Waals surface area contributed by atoms with Gasteiger partial charge >= 0.3 is 0 Å². The summed E-state index contributed by atoms with van der Waals surface area (Å²) < 4.78 is 10.9. The van der Waals surface area contributed by atoms with Crippen molar-refractivity contribution >= 4 is 11.8 Å². The Morgan fingerprint density at radius 3 is 3.08 bits per heavy atom. The standard InChI is InChI=1S/C18H22N2O4/c21-15-9-18(10-19-15)7-2-8-20(11-18)16(22)6-5-13-3-1-4-14-17(13)24-12-23-14/h1,3-4H,2,5-12H2,(H,19,21). The number of ether oxygens (including phenoxy) is 2. The molecule has 1 spiro atoms. The van der Waals surface area contributed by atoms with Gasteiger partial charge in [0.25, 0.3) is 0 Å². The maximum absolute atomic E-state index is 12.6. The number of rotatable bonds is 3. The third-order valence-corrected chi connectivity index (χ3v) is 5.30. The van der Waals surface area contributed by atoms with Crippen molar-refractivity contribution in [1.82, 2.24) is 10.2 Å². The number of nitrogens with one attached hydrogen (secondary N) is 1. The molecule has 0 aliphatic carbocycles. The minimum Gasteiger partial charge on any atom is -0.454 e. The molecule has 24 heavy (non-hydrogen) atoms. The van der Waals surface area contributed by atoms with E-state index in [9.17, 15) is 9.59 Å². The Bertz CT molecular complexity index is 675. The molecule has 1 atom stereocenters. The first-order valence-corrected chi connectivity index (χ1v) is 8.57. The number of aryl methyl sites for hydroxylation is 1. The van der Waals surface area contributed by atoms with Gasteiger partial charge in [0.1, 0.15) is 0 Å². The molecule has 1 N–H and O–H groups in total. The van der Waals surface area contributed by atoms with E-state index in [1.54, 1.807) is 0 Å². The average molecular weight is 330 g/mol. The van der Waals surface area contributed by atoms with Crippen LogP contribution in [0.15, 0.2) is 18.2 Å². The van der Waals surface area contributed by atoms with Crippen molar-refractivity contribution in [1.29, 1.82) is 0 Å². The van der Waals surface area contributed by atoms with Crippen molar-refractivity contribution in [3.05, 3.63) is 23.8 Å². The number of nitrogens with zero attached hydrogens (tertiary/aromatic N) is 1. The second-order valence-electron chi connectivity index (χ2n) is 7.02. The quantitative estimate of drug-likeness (QED) is 0.911. The lowest BCUT2D eigenvalue weighted by molar-refractivity contribution is -0.135. The normalized spacial score (nSPS) is 25.2. The number of benzene rings is 1. The predicted octanol–water partition coefficient (Wildman–Crippen LogP) is 1.48. The summed E-state index contributed by atoms with van der Waals surface area (Å²) in [5, 5.41) is 2.92. The fourth-order valence-electron chi connectivity index (χ4n) is 4.05. The summed E-state index contributed by atoms with van der Waals surface area (Å²) >= 11 is 0. The summed E-state index contributed by atoms with van der Waals surface area (Å²) in [6.45, 7) is 2.43. The Balaban J connectivity index is 1.38. The van der Waals surface area contributed by atoms with Crippen molar-refractivity contribution in [2.75, 3.05) is 26.4 Å². The molecule has 0 saturated carbocycles. The third kappa shape index (κ3) is 2.81. The smallest absolute Gasteiger partial charge is 0.231 e. The zero-order valence-electron chi connectivity index (χ0n) is 13.7. The van der Waals surface area contributed by atoms with Crippen LogP contribution in [0.2, 0.25) is 0 Å². The van der Waals surface area contributed by atoms with Crippen LogP contribution in [0.25, 0.3) is 0 Å². The molecule has 1 unspecified atom stereocenters. The van der Waals surface area contributed by atoms with E-state index in [1.165, 1.54) is 0 Å². The highest BCUT2D eigenvalue weighted by atomic mass is 16.7. The summed E-state index contributed by atoms with van der Waals surface area (Å²) in [5.41, 5.74) is 0.971. The van der Waals surface area contributed by atoms with Crippen molar-refractivity contribution in [3.63, 3.8) is 0 Å². The monoisotopic (exact) mass is 330 g/mol. The first-order chi connectivity index (χ1) is 11.7. The number of carbonyl (C=O) groups excluding carboxylic acids is 2. The van der Waals surface area contributed by atoms with Crippen LogP contribution in [-0.4, -0.2) is 43.1 Å². The maximum Gasteiger partial charge on any atom is 0.231 e. The lowest BCUT2D eigenvalue weighted by Gasteiger charge is -2.39. The Morgan fingerprint density at radius 1 is 1.33 bits per heavy atom. The summed E-state index contributed by atoms with van der Waals surface area (Å²) in [7, 11) is 0. The predicted molar refractivity (Wildman–Crippen MR) is 86.8 cm³/mol. The molecule has 0 bridgehead atoms. The first-order valence-electron chi connectivity index (χ1n) is 8.57. The molecule has 1 aromatic carbocycles. The zero-order chi connectivity index (χ0) is 16.6. The number of carbonyl (C=O) groups is 2. The van der Waals surface area contributed by atoms with Gasteiger partial charge in [-0.25, -0.2) is 0 Å². The second kappa shape index (κ2) is 6.00. The summed E-state index contributed by atoms with van der Waals surface area (Å²) in [6, 6.07) is 5.79. The Morgan fingerprint density at radius 2 is 2.25 bits per heavy atom. The number of fused-ring (bicyclic) bond motifs is 1. The van der Waals surface area contributed by atoms with Gasteiger partial charge < -0.3 is 19.7 Å². The van der Waals surface area contributed by atoms with Crippen LogP contribution in [0.3, 0.4) is 0 Å². The SMILES string of the molecule is O=C1CC2(CCCN(C(=O)CCc3cccc4c3OCO4)C2)CN1. The largest absolute Gasteiger partial charge is 0.454 e. The molecular weight excluding hydrogens is 308 g/mol. The molecule has 3 heterocycles. The van der Waals surface area contributed by atoms with E-state index in [2.05, 4.69) is 5.32 Å². The fraction of sp³-hybridized carbons (Fsp3) is 0.556. The van der Waals surface area contributed by atoms with Crippen molar-refractivity contribution in [3.8, 4) is 11.5 Å². The highest BCUT2D eigenvalue weighted by Crippen LogP contribution is 2.37. The molecular formula is C18H22N2O4. The molecule has 0 aromatic heterocycles. The van der Waals surface area contributed by atoms with Crippen LogP contribution >= 0.6 is 0 Å². The van der Waals surface area contributed by atoms with Gasteiger partial charge in [-0.2, -0.15) is 0 Å².